The molecule has 1 atom stereocenters. The molecular weight excluding hydrogens is 312 g/mol. The van der Waals surface area contributed by atoms with Crippen molar-refractivity contribution in [1.29, 1.82) is 0 Å². The van der Waals surface area contributed by atoms with Crippen LogP contribution in [0.3, 0.4) is 0 Å². The Morgan fingerprint density at radius 2 is 1.72 bits per heavy atom. The van der Waals surface area contributed by atoms with Crippen LogP contribution in [0.1, 0.15) is 44.1 Å². The molecule has 1 spiro atoms. The quantitative estimate of drug-likeness (QED) is 0.846. The SMILES string of the molecule is O=C([C@H]1CCCO1)N1CCC2(CCN(Cc3ccccc3)CC2)CC1. The Bertz CT molecular complexity index is 565. The van der Waals surface area contributed by atoms with Crippen molar-refractivity contribution in [3.05, 3.63) is 35.9 Å². The summed E-state index contributed by atoms with van der Waals surface area (Å²) in [4.78, 5) is 17.2. The highest BCUT2D eigenvalue weighted by Crippen LogP contribution is 2.41. The topological polar surface area (TPSA) is 32.8 Å². The molecule has 3 aliphatic rings. The van der Waals surface area contributed by atoms with Gasteiger partial charge in [-0.25, -0.2) is 0 Å². The van der Waals surface area contributed by atoms with Gasteiger partial charge in [0.1, 0.15) is 6.10 Å². The molecule has 3 saturated heterocycles. The third-order valence-corrected chi connectivity index (χ3v) is 6.51. The van der Waals surface area contributed by atoms with E-state index in [0.29, 0.717) is 5.41 Å². The fraction of sp³-hybridized carbons (Fsp3) is 0.667. The van der Waals surface area contributed by atoms with Gasteiger partial charge in [0.25, 0.3) is 5.91 Å². The predicted molar refractivity (Wildman–Crippen MR) is 98.2 cm³/mol. The van der Waals surface area contributed by atoms with Crippen molar-refractivity contribution < 1.29 is 9.53 Å². The molecule has 0 saturated carbocycles. The standard InChI is InChI=1S/C21H30N2O2/c24-20(19-7-4-16-25-19)23-14-10-21(11-15-23)8-12-22(13-9-21)17-18-5-2-1-3-6-18/h1-3,5-6,19H,4,7-17H2/t19-/m1/s1. The van der Waals surface area contributed by atoms with Crippen LogP contribution in [0.5, 0.6) is 0 Å². The average molecular weight is 342 g/mol. The van der Waals surface area contributed by atoms with Crippen LogP contribution in [0.15, 0.2) is 30.3 Å². The molecule has 1 aromatic rings. The highest BCUT2D eigenvalue weighted by Gasteiger charge is 2.39. The lowest BCUT2D eigenvalue weighted by Crippen LogP contribution is -2.50. The molecule has 3 fully saturated rings. The predicted octanol–water partition coefficient (Wildman–Crippen LogP) is 3.07. The Morgan fingerprint density at radius 1 is 1.04 bits per heavy atom. The van der Waals surface area contributed by atoms with Crippen LogP contribution in [0.4, 0.5) is 0 Å². The van der Waals surface area contributed by atoms with Crippen LogP contribution >= 0.6 is 0 Å². The minimum atomic E-state index is -0.151. The lowest BCUT2D eigenvalue weighted by molar-refractivity contribution is -0.143. The average Bonchev–Trinajstić information content (AvgIpc) is 3.20. The molecular formula is C21H30N2O2. The first-order valence-corrected chi connectivity index (χ1v) is 9.91. The van der Waals surface area contributed by atoms with Crippen molar-refractivity contribution in [1.82, 2.24) is 9.80 Å². The van der Waals surface area contributed by atoms with Gasteiger partial charge in [0.05, 0.1) is 0 Å². The lowest BCUT2D eigenvalue weighted by atomic mass is 9.71. The van der Waals surface area contributed by atoms with E-state index >= 15 is 0 Å². The van der Waals surface area contributed by atoms with Crippen molar-refractivity contribution in [2.45, 2.75) is 51.2 Å². The zero-order chi connectivity index (χ0) is 17.1. The number of hydrogen-bond acceptors (Lipinski definition) is 3. The zero-order valence-electron chi connectivity index (χ0n) is 15.2. The van der Waals surface area contributed by atoms with E-state index < -0.39 is 0 Å². The molecule has 1 amide bonds. The summed E-state index contributed by atoms with van der Waals surface area (Å²) in [6.45, 7) is 6.06. The first-order chi connectivity index (χ1) is 12.2. The van der Waals surface area contributed by atoms with E-state index in [1.54, 1.807) is 0 Å². The van der Waals surface area contributed by atoms with Crippen molar-refractivity contribution >= 4 is 5.91 Å². The van der Waals surface area contributed by atoms with E-state index in [4.69, 9.17) is 4.74 Å². The van der Waals surface area contributed by atoms with Gasteiger partial charge >= 0.3 is 0 Å². The van der Waals surface area contributed by atoms with Gasteiger partial charge in [-0.1, -0.05) is 30.3 Å². The number of likely N-dealkylation sites (tertiary alicyclic amines) is 2. The summed E-state index contributed by atoms with van der Waals surface area (Å²) in [5.41, 5.74) is 1.89. The molecule has 0 radical (unpaired) electrons. The second kappa shape index (κ2) is 7.46. The maximum Gasteiger partial charge on any atom is 0.251 e. The van der Waals surface area contributed by atoms with Gasteiger partial charge in [-0.3, -0.25) is 9.69 Å². The molecule has 1 aromatic carbocycles. The number of hydrogen-bond donors (Lipinski definition) is 0. The molecule has 0 N–H and O–H groups in total. The van der Waals surface area contributed by atoms with Gasteiger partial charge in [0, 0.05) is 26.2 Å². The van der Waals surface area contributed by atoms with Crippen molar-refractivity contribution in [3.63, 3.8) is 0 Å². The van der Waals surface area contributed by atoms with E-state index in [0.717, 1.165) is 39.1 Å². The lowest BCUT2D eigenvalue weighted by Gasteiger charge is -2.47. The summed E-state index contributed by atoms with van der Waals surface area (Å²) in [7, 11) is 0. The maximum atomic E-state index is 12.5. The molecule has 0 unspecified atom stereocenters. The fourth-order valence-electron chi connectivity index (χ4n) is 4.70. The number of rotatable bonds is 3. The number of carbonyl (C=O) groups excluding carboxylic acids is 1. The number of piperidine rings is 2. The van der Waals surface area contributed by atoms with E-state index in [1.165, 1.54) is 44.3 Å². The normalized spacial score (nSPS) is 26.9. The summed E-state index contributed by atoms with van der Waals surface area (Å²) in [5, 5.41) is 0. The number of amides is 1. The van der Waals surface area contributed by atoms with Gasteiger partial charge in [0.2, 0.25) is 0 Å². The minimum Gasteiger partial charge on any atom is -0.368 e. The summed E-state index contributed by atoms with van der Waals surface area (Å²) >= 11 is 0. The number of carbonyl (C=O) groups is 1. The van der Waals surface area contributed by atoms with E-state index in [2.05, 4.69) is 40.1 Å². The molecule has 25 heavy (non-hydrogen) atoms. The van der Waals surface area contributed by atoms with Crippen LogP contribution in [0, 0.1) is 5.41 Å². The largest absolute Gasteiger partial charge is 0.368 e. The highest BCUT2D eigenvalue weighted by molar-refractivity contribution is 5.81. The molecule has 0 aliphatic carbocycles. The molecule has 136 valence electrons. The Hall–Kier alpha value is -1.39. The van der Waals surface area contributed by atoms with Gasteiger partial charge in [-0.15, -0.1) is 0 Å². The minimum absolute atomic E-state index is 0.151. The van der Waals surface area contributed by atoms with E-state index in [-0.39, 0.29) is 12.0 Å². The van der Waals surface area contributed by atoms with Crippen LogP contribution in [-0.4, -0.2) is 54.6 Å². The molecule has 4 heteroatoms. The Labute approximate surface area is 151 Å². The number of benzene rings is 1. The van der Waals surface area contributed by atoms with E-state index in [1.807, 2.05) is 0 Å². The molecule has 3 heterocycles. The van der Waals surface area contributed by atoms with E-state index in [9.17, 15) is 4.79 Å². The Morgan fingerprint density at radius 3 is 2.36 bits per heavy atom. The third-order valence-electron chi connectivity index (χ3n) is 6.51. The molecule has 0 bridgehead atoms. The molecule has 0 aromatic heterocycles. The Balaban J connectivity index is 1.26. The second-order valence-corrected chi connectivity index (χ2v) is 8.09. The summed E-state index contributed by atoms with van der Waals surface area (Å²) in [6.07, 6.45) is 6.70. The molecule has 4 rings (SSSR count). The zero-order valence-corrected chi connectivity index (χ0v) is 15.2. The number of ether oxygens (including phenoxy) is 1. The second-order valence-electron chi connectivity index (χ2n) is 8.09. The summed E-state index contributed by atoms with van der Waals surface area (Å²) in [6, 6.07) is 10.8. The fourth-order valence-corrected chi connectivity index (χ4v) is 4.70. The van der Waals surface area contributed by atoms with Gasteiger partial charge in [-0.05, 0) is 62.6 Å². The molecule has 4 nitrogen and oxygen atoms in total. The van der Waals surface area contributed by atoms with Crippen molar-refractivity contribution in [2.24, 2.45) is 5.41 Å². The van der Waals surface area contributed by atoms with Gasteiger partial charge in [0.15, 0.2) is 0 Å². The summed E-state index contributed by atoms with van der Waals surface area (Å²) < 4.78 is 5.58. The van der Waals surface area contributed by atoms with Crippen LogP contribution in [-0.2, 0) is 16.1 Å². The van der Waals surface area contributed by atoms with Crippen LogP contribution in [0.2, 0.25) is 0 Å². The summed E-state index contributed by atoms with van der Waals surface area (Å²) in [5.74, 6) is 0.244. The third kappa shape index (κ3) is 3.90. The Kier molecular flexibility index (Phi) is 5.09. The highest BCUT2D eigenvalue weighted by atomic mass is 16.5. The number of nitrogens with zero attached hydrogens (tertiary/aromatic N) is 2. The van der Waals surface area contributed by atoms with Gasteiger partial charge < -0.3 is 9.64 Å². The van der Waals surface area contributed by atoms with Gasteiger partial charge in [-0.2, -0.15) is 0 Å². The maximum absolute atomic E-state index is 12.5. The van der Waals surface area contributed by atoms with Crippen molar-refractivity contribution in [3.8, 4) is 0 Å². The van der Waals surface area contributed by atoms with Crippen molar-refractivity contribution in [2.75, 3.05) is 32.8 Å². The molecule has 3 aliphatic heterocycles. The van der Waals surface area contributed by atoms with Crippen LogP contribution < -0.4 is 0 Å². The van der Waals surface area contributed by atoms with Crippen LogP contribution in [0.25, 0.3) is 0 Å². The smallest absolute Gasteiger partial charge is 0.251 e. The first-order valence-electron chi connectivity index (χ1n) is 9.91. The monoisotopic (exact) mass is 342 g/mol. The first kappa shape index (κ1) is 17.0.